The van der Waals surface area contributed by atoms with Crippen molar-refractivity contribution in [3.63, 3.8) is 0 Å². The van der Waals surface area contributed by atoms with E-state index in [2.05, 4.69) is 15.6 Å². The topological polar surface area (TPSA) is 71.1 Å². The Balaban J connectivity index is 2.49. The van der Waals surface area contributed by atoms with E-state index in [9.17, 15) is 9.00 Å². The fourth-order valence-corrected chi connectivity index (χ4v) is 1.96. The molecule has 0 bridgehead atoms. The molecular weight excluding hydrogens is 262 g/mol. The lowest BCUT2D eigenvalue weighted by Gasteiger charge is -2.10. The molecule has 0 aromatic carbocycles. The van der Waals surface area contributed by atoms with Crippen LogP contribution in [0, 0.1) is 0 Å². The Morgan fingerprint density at radius 3 is 2.89 bits per heavy atom. The minimum atomic E-state index is -0.847. The maximum Gasteiger partial charge on any atom is 0.251 e. The van der Waals surface area contributed by atoms with Crippen molar-refractivity contribution in [1.82, 2.24) is 10.3 Å². The van der Waals surface area contributed by atoms with Crippen LogP contribution < -0.4 is 10.6 Å². The number of aromatic nitrogens is 1. The molecule has 1 amide bonds. The van der Waals surface area contributed by atoms with Crippen molar-refractivity contribution >= 4 is 22.5 Å². The Morgan fingerprint density at radius 2 is 2.26 bits per heavy atom. The maximum absolute atomic E-state index is 11.9. The molecule has 0 aliphatic carbocycles. The summed E-state index contributed by atoms with van der Waals surface area (Å²) in [6.07, 6.45) is 3.99. The van der Waals surface area contributed by atoms with Gasteiger partial charge in [0.2, 0.25) is 0 Å². The van der Waals surface area contributed by atoms with E-state index < -0.39 is 10.8 Å². The van der Waals surface area contributed by atoms with Crippen molar-refractivity contribution in [2.75, 3.05) is 24.7 Å². The lowest BCUT2D eigenvalue weighted by Crippen LogP contribution is -2.27. The molecule has 5 nitrogen and oxygen atoms in total. The first-order valence-electron chi connectivity index (χ1n) is 6.35. The van der Waals surface area contributed by atoms with E-state index in [-0.39, 0.29) is 11.2 Å². The van der Waals surface area contributed by atoms with Crippen LogP contribution in [0.2, 0.25) is 0 Å². The van der Waals surface area contributed by atoms with Gasteiger partial charge in [-0.15, -0.1) is 0 Å². The molecule has 0 fully saturated rings. The van der Waals surface area contributed by atoms with Crippen LogP contribution in [0.1, 0.15) is 30.6 Å². The summed E-state index contributed by atoms with van der Waals surface area (Å²) in [5, 5.41) is 5.98. The summed E-state index contributed by atoms with van der Waals surface area (Å²) in [6, 6.07) is 3.40. The lowest BCUT2D eigenvalue weighted by atomic mass is 10.2. The molecule has 0 spiro atoms. The van der Waals surface area contributed by atoms with Crippen molar-refractivity contribution in [2.24, 2.45) is 0 Å². The van der Waals surface area contributed by atoms with Gasteiger partial charge in [-0.3, -0.25) is 9.00 Å². The van der Waals surface area contributed by atoms with E-state index in [4.69, 9.17) is 0 Å². The summed E-state index contributed by atoms with van der Waals surface area (Å²) in [6.45, 7) is 5.18. The summed E-state index contributed by atoms with van der Waals surface area (Å²) < 4.78 is 11.2. The number of carbonyl (C=O) groups excluding carboxylic acids is 1. The van der Waals surface area contributed by atoms with Gasteiger partial charge >= 0.3 is 0 Å². The highest BCUT2D eigenvalue weighted by Gasteiger charge is 2.09. The number of hydrogen-bond donors (Lipinski definition) is 2. The number of anilines is 1. The number of pyridine rings is 1. The zero-order chi connectivity index (χ0) is 14.3. The smallest absolute Gasteiger partial charge is 0.251 e. The normalized spacial score (nSPS) is 13.6. The standard InChI is InChI=1S/C13H21N3O2S/c1-4-14-12-9-11(6-8-15-12)13(17)16-7-5-10(2)19(3)18/h6,8-10H,4-5,7H2,1-3H3,(H,14,15)(H,16,17). The summed E-state index contributed by atoms with van der Waals surface area (Å²) in [7, 11) is -0.847. The van der Waals surface area contributed by atoms with Gasteiger partial charge in [0.1, 0.15) is 5.82 Å². The van der Waals surface area contributed by atoms with E-state index in [0.717, 1.165) is 6.54 Å². The van der Waals surface area contributed by atoms with Gasteiger partial charge < -0.3 is 10.6 Å². The Kier molecular flexibility index (Phi) is 6.49. The molecule has 1 aromatic rings. The molecule has 6 heteroatoms. The zero-order valence-electron chi connectivity index (χ0n) is 11.6. The third-order valence-electron chi connectivity index (χ3n) is 2.78. The molecule has 1 aromatic heterocycles. The quantitative estimate of drug-likeness (QED) is 0.793. The lowest BCUT2D eigenvalue weighted by molar-refractivity contribution is 0.0953. The van der Waals surface area contributed by atoms with Crippen LogP contribution in [-0.4, -0.2) is 39.7 Å². The molecule has 0 aliphatic heterocycles. The highest BCUT2D eigenvalue weighted by atomic mass is 32.2. The van der Waals surface area contributed by atoms with Crippen LogP contribution in [0.4, 0.5) is 5.82 Å². The minimum Gasteiger partial charge on any atom is -0.370 e. The maximum atomic E-state index is 11.9. The van der Waals surface area contributed by atoms with Gasteiger partial charge in [-0.2, -0.15) is 0 Å². The van der Waals surface area contributed by atoms with Crippen LogP contribution in [0.25, 0.3) is 0 Å². The van der Waals surface area contributed by atoms with Crippen LogP contribution in [0.15, 0.2) is 18.3 Å². The average molecular weight is 283 g/mol. The molecule has 0 saturated heterocycles. The molecule has 2 unspecified atom stereocenters. The monoisotopic (exact) mass is 283 g/mol. The second-order valence-corrected chi connectivity index (χ2v) is 6.12. The van der Waals surface area contributed by atoms with Gasteiger partial charge in [0.05, 0.1) is 0 Å². The fourth-order valence-electron chi connectivity index (χ4n) is 1.51. The number of carbonyl (C=O) groups is 1. The number of nitrogens with one attached hydrogen (secondary N) is 2. The summed E-state index contributed by atoms with van der Waals surface area (Å²) >= 11 is 0. The van der Waals surface area contributed by atoms with Crippen molar-refractivity contribution in [2.45, 2.75) is 25.5 Å². The first-order valence-corrected chi connectivity index (χ1v) is 7.97. The number of amides is 1. The van der Waals surface area contributed by atoms with Crippen LogP contribution in [0.5, 0.6) is 0 Å². The predicted molar refractivity (Wildman–Crippen MR) is 78.9 cm³/mol. The van der Waals surface area contributed by atoms with E-state index in [1.165, 1.54) is 0 Å². The number of nitrogens with zero attached hydrogens (tertiary/aromatic N) is 1. The summed E-state index contributed by atoms with van der Waals surface area (Å²) in [4.78, 5) is 16.0. The second-order valence-electron chi connectivity index (χ2n) is 4.31. The Hall–Kier alpha value is -1.43. The summed E-state index contributed by atoms with van der Waals surface area (Å²) in [5.74, 6) is 0.564. The molecule has 0 aliphatic rings. The van der Waals surface area contributed by atoms with E-state index in [1.807, 2.05) is 13.8 Å². The first-order chi connectivity index (χ1) is 9.04. The minimum absolute atomic E-state index is 0.0926. The van der Waals surface area contributed by atoms with Gasteiger partial charge in [0, 0.05) is 47.2 Å². The highest BCUT2D eigenvalue weighted by molar-refractivity contribution is 7.84. The molecule has 0 saturated carbocycles. The van der Waals surface area contributed by atoms with Gasteiger partial charge in [0.15, 0.2) is 0 Å². The fraction of sp³-hybridized carbons (Fsp3) is 0.538. The summed E-state index contributed by atoms with van der Waals surface area (Å²) in [5.41, 5.74) is 0.580. The van der Waals surface area contributed by atoms with E-state index in [1.54, 1.807) is 24.6 Å². The van der Waals surface area contributed by atoms with Gasteiger partial charge in [-0.05, 0) is 25.5 Å². The Morgan fingerprint density at radius 1 is 1.53 bits per heavy atom. The van der Waals surface area contributed by atoms with Crippen LogP contribution in [0.3, 0.4) is 0 Å². The average Bonchev–Trinajstić information content (AvgIpc) is 2.39. The van der Waals surface area contributed by atoms with Crippen LogP contribution in [-0.2, 0) is 10.8 Å². The van der Waals surface area contributed by atoms with Crippen molar-refractivity contribution in [3.8, 4) is 0 Å². The Labute approximate surface area is 116 Å². The van der Waals surface area contributed by atoms with Crippen molar-refractivity contribution in [3.05, 3.63) is 23.9 Å². The number of hydrogen-bond acceptors (Lipinski definition) is 4. The molecule has 1 heterocycles. The molecule has 19 heavy (non-hydrogen) atoms. The highest BCUT2D eigenvalue weighted by Crippen LogP contribution is 2.06. The molecule has 106 valence electrons. The SMILES string of the molecule is CCNc1cc(C(=O)NCCC(C)S(C)=O)ccn1. The van der Waals surface area contributed by atoms with Gasteiger partial charge in [-0.1, -0.05) is 6.92 Å². The van der Waals surface area contributed by atoms with Crippen LogP contribution >= 0.6 is 0 Å². The second kappa shape index (κ2) is 7.89. The third-order valence-corrected chi connectivity index (χ3v) is 4.15. The van der Waals surface area contributed by atoms with Gasteiger partial charge in [0.25, 0.3) is 5.91 Å². The molecular formula is C13H21N3O2S. The van der Waals surface area contributed by atoms with Crippen molar-refractivity contribution in [1.29, 1.82) is 0 Å². The third kappa shape index (κ3) is 5.38. The van der Waals surface area contributed by atoms with E-state index in [0.29, 0.717) is 24.3 Å². The first kappa shape index (κ1) is 15.6. The largest absolute Gasteiger partial charge is 0.370 e. The van der Waals surface area contributed by atoms with E-state index >= 15 is 0 Å². The Bertz CT molecular complexity index is 451. The molecule has 2 atom stereocenters. The van der Waals surface area contributed by atoms with Crippen molar-refractivity contribution < 1.29 is 9.00 Å². The molecule has 0 radical (unpaired) electrons. The number of rotatable bonds is 7. The molecule has 2 N–H and O–H groups in total. The van der Waals surface area contributed by atoms with Gasteiger partial charge in [-0.25, -0.2) is 4.98 Å². The molecule has 1 rings (SSSR count). The predicted octanol–water partition coefficient (Wildman–Crippen LogP) is 1.40. The zero-order valence-corrected chi connectivity index (χ0v) is 12.4.